The number of benzene rings is 1. The maximum absolute atomic E-state index is 12.2. The summed E-state index contributed by atoms with van der Waals surface area (Å²) in [6.45, 7) is 3.02. The molecule has 22 heavy (non-hydrogen) atoms. The minimum atomic E-state index is -0.133. The summed E-state index contributed by atoms with van der Waals surface area (Å²) in [6, 6.07) is 8.98. The second-order valence-electron chi connectivity index (χ2n) is 6.55. The predicted octanol–water partition coefficient (Wildman–Crippen LogP) is 2.07. The first-order chi connectivity index (χ1) is 10.7. The molecular formula is C18H26N2O2. The van der Waals surface area contributed by atoms with Gasteiger partial charge in [0, 0.05) is 19.1 Å². The molecule has 4 heteroatoms. The van der Waals surface area contributed by atoms with E-state index in [1.165, 1.54) is 37.6 Å². The Morgan fingerprint density at radius 2 is 2.09 bits per heavy atom. The van der Waals surface area contributed by atoms with Crippen LogP contribution in [-0.4, -0.2) is 55.1 Å². The van der Waals surface area contributed by atoms with Gasteiger partial charge in [-0.2, -0.15) is 0 Å². The number of hydrogen-bond donors (Lipinski definition) is 0. The Morgan fingerprint density at radius 3 is 2.77 bits per heavy atom. The molecule has 0 bridgehead atoms. The van der Waals surface area contributed by atoms with Gasteiger partial charge < -0.3 is 9.64 Å². The maximum atomic E-state index is 12.2. The summed E-state index contributed by atoms with van der Waals surface area (Å²) in [6.07, 6.45) is 4.48. The number of methoxy groups -OCH3 is 1. The van der Waals surface area contributed by atoms with Crippen LogP contribution in [0, 0.1) is 0 Å². The Bertz CT molecular complexity index is 532. The van der Waals surface area contributed by atoms with E-state index in [4.69, 9.17) is 4.74 Å². The van der Waals surface area contributed by atoms with Crippen molar-refractivity contribution in [3.8, 4) is 0 Å². The highest BCUT2D eigenvalue weighted by Gasteiger charge is 2.33. The molecule has 0 saturated carbocycles. The van der Waals surface area contributed by atoms with Crippen molar-refractivity contribution in [3.05, 3.63) is 35.4 Å². The molecule has 0 unspecified atom stereocenters. The van der Waals surface area contributed by atoms with Crippen molar-refractivity contribution in [1.82, 2.24) is 9.80 Å². The number of fused-ring (bicyclic) bond motifs is 1. The van der Waals surface area contributed by atoms with E-state index < -0.39 is 0 Å². The summed E-state index contributed by atoms with van der Waals surface area (Å²) in [5.74, 6) is -0.103. The normalized spacial score (nSPS) is 25.9. The molecule has 0 aliphatic carbocycles. The molecule has 0 aromatic heterocycles. The Labute approximate surface area is 133 Å². The van der Waals surface area contributed by atoms with Crippen LogP contribution in [0.15, 0.2) is 24.3 Å². The minimum Gasteiger partial charge on any atom is -0.468 e. The highest BCUT2D eigenvalue weighted by atomic mass is 16.5. The number of likely N-dealkylation sites (tertiary alicyclic amines) is 1. The van der Waals surface area contributed by atoms with Crippen LogP contribution in [0.3, 0.4) is 0 Å². The van der Waals surface area contributed by atoms with Gasteiger partial charge in [-0.1, -0.05) is 24.3 Å². The summed E-state index contributed by atoms with van der Waals surface area (Å²) < 4.78 is 5.04. The highest BCUT2D eigenvalue weighted by molar-refractivity contribution is 5.76. The SMILES string of the molecule is COC(=O)[C@@H]1Cc2ccccc2CN1CC[C@@H]1CCCN1C. The zero-order valence-electron chi connectivity index (χ0n) is 13.6. The third-order valence-corrected chi connectivity index (χ3v) is 5.24. The van der Waals surface area contributed by atoms with Crippen molar-refractivity contribution >= 4 is 5.97 Å². The Hall–Kier alpha value is -1.39. The molecule has 120 valence electrons. The van der Waals surface area contributed by atoms with Gasteiger partial charge in [-0.3, -0.25) is 9.69 Å². The molecule has 0 spiro atoms. The molecular weight excluding hydrogens is 276 g/mol. The van der Waals surface area contributed by atoms with Crippen LogP contribution in [0.4, 0.5) is 0 Å². The molecule has 2 aliphatic rings. The second-order valence-corrected chi connectivity index (χ2v) is 6.55. The van der Waals surface area contributed by atoms with Crippen LogP contribution in [-0.2, 0) is 22.5 Å². The van der Waals surface area contributed by atoms with Crippen LogP contribution < -0.4 is 0 Å². The topological polar surface area (TPSA) is 32.8 Å². The molecule has 1 saturated heterocycles. The average Bonchev–Trinajstić information content (AvgIpc) is 2.96. The average molecular weight is 302 g/mol. The van der Waals surface area contributed by atoms with Gasteiger partial charge in [0.05, 0.1) is 7.11 Å². The van der Waals surface area contributed by atoms with Gasteiger partial charge in [-0.05, 0) is 50.4 Å². The molecule has 0 radical (unpaired) electrons. The maximum Gasteiger partial charge on any atom is 0.323 e. The lowest BCUT2D eigenvalue weighted by Crippen LogP contribution is -2.47. The first-order valence-corrected chi connectivity index (χ1v) is 8.28. The molecule has 0 N–H and O–H groups in total. The first kappa shape index (κ1) is 15.5. The van der Waals surface area contributed by atoms with E-state index in [9.17, 15) is 4.79 Å². The molecule has 2 aliphatic heterocycles. The number of esters is 1. The van der Waals surface area contributed by atoms with Gasteiger partial charge in [-0.15, -0.1) is 0 Å². The van der Waals surface area contributed by atoms with E-state index in [2.05, 4.69) is 41.1 Å². The van der Waals surface area contributed by atoms with E-state index in [1.54, 1.807) is 0 Å². The van der Waals surface area contributed by atoms with E-state index in [-0.39, 0.29) is 12.0 Å². The Balaban J connectivity index is 1.70. The van der Waals surface area contributed by atoms with Crippen molar-refractivity contribution in [2.75, 3.05) is 27.2 Å². The number of ether oxygens (including phenoxy) is 1. The van der Waals surface area contributed by atoms with Gasteiger partial charge in [0.2, 0.25) is 0 Å². The quantitative estimate of drug-likeness (QED) is 0.797. The van der Waals surface area contributed by atoms with Gasteiger partial charge in [0.25, 0.3) is 0 Å². The summed E-state index contributed by atoms with van der Waals surface area (Å²) in [7, 11) is 3.70. The smallest absolute Gasteiger partial charge is 0.323 e. The van der Waals surface area contributed by atoms with Crippen molar-refractivity contribution in [1.29, 1.82) is 0 Å². The monoisotopic (exact) mass is 302 g/mol. The molecule has 4 nitrogen and oxygen atoms in total. The first-order valence-electron chi connectivity index (χ1n) is 8.28. The molecule has 1 fully saturated rings. The summed E-state index contributed by atoms with van der Waals surface area (Å²) in [5, 5.41) is 0. The van der Waals surface area contributed by atoms with Crippen LogP contribution in [0.1, 0.15) is 30.4 Å². The predicted molar refractivity (Wildman–Crippen MR) is 86.6 cm³/mol. The van der Waals surface area contributed by atoms with Crippen LogP contribution in [0.2, 0.25) is 0 Å². The number of nitrogens with zero attached hydrogens (tertiary/aromatic N) is 2. The number of carbonyl (C=O) groups excluding carboxylic acids is 1. The molecule has 3 rings (SSSR count). The molecule has 2 heterocycles. The van der Waals surface area contributed by atoms with E-state index in [0.717, 1.165) is 25.9 Å². The zero-order chi connectivity index (χ0) is 15.5. The summed E-state index contributed by atoms with van der Waals surface area (Å²) >= 11 is 0. The Morgan fingerprint density at radius 1 is 1.32 bits per heavy atom. The van der Waals surface area contributed by atoms with Crippen molar-refractivity contribution < 1.29 is 9.53 Å². The molecule has 0 amide bonds. The third kappa shape index (κ3) is 3.18. The zero-order valence-corrected chi connectivity index (χ0v) is 13.6. The lowest BCUT2D eigenvalue weighted by molar-refractivity contribution is -0.147. The minimum absolute atomic E-state index is 0.103. The van der Waals surface area contributed by atoms with Crippen molar-refractivity contribution in [2.45, 2.75) is 44.3 Å². The fourth-order valence-corrected chi connectivity index (χ4v) is 3.84. The van der Waals surface area contributed by atoms with Crippen LogP contribution >= 0.6 is 0 Å². The fraction of sp³-hybridized carbons (Fsp3) is 0.611. The van der Waals surface area contributed by atoms with E-state index >= 15 is 0 Å². The largest absolute Gasteiger partial charge is 0.468 e. The summed E-state index contributed by atoms with van der Waals surface area (Å²) in [4.78, 5) is 16.9. The van der Waals surface area contributed by atoms with Crippen molar-refractivity contribution in [3.63, 3.8) is 0 Å². The number of carbonyl (C=O) groups is 1. The highest BCUT2D eigenvalue weighted by Crippen LogP contribution is 2.26. The Kier molecular flexibility index (Phi) is 4.79. The third-order valence-electron chi connectivity index (χ3n) is 5.24. The number of hydrogen-bond acceptors (Lipinski definition) is 4. The second kappa shape index (κ2) is 6.80. The molecule has 1 aromatic rings. The molecule has 1 aromatic carbocycles. The lowest BCUT2D eigenvalue weighted by Gasteiger charge is -2.36. The molecule has 2 atom stereocenters. The van der Waals surface area contributed by atoms with Gasteiger partial charge in [0.15, 0.2) is 0 Å². The van der Waals surface area contributed by atoms with Crippen LogP contribution in [0.5, 0.6) is 0 Å². The van der Waals surface area contributed by atoms with Gasteiger partial charge in [0.1, 0.15) is 6.04 Å². The van der Waals surface area contributed by atoms with E-state index in [0.29, 0.717) is 6.04 Å². The lowest BCUT2D eigenvalue weighted by atomic mass is 9.93. The number of rotatable bonds is 4. The van der Waals surface area contributed by atoms with E-state index in [1.807, 2.05) is 0 Å². The summed E-state index contributed by atoms with van der Waals surface area (Å²) in [5.41, 5.74) is 2.63. The standard InChI is InChI=1S/C18H26N2O2/c1-19-10-5-8-16(19)9-11-20-13-15-7-4-3-6-14(15)12-17(20)18(21)22-2/h3-4,6-7,16-17H,5,8-13H2,1-2H3/t16-,17-/m0/s1. The van der Waals surface area contributed by atoms with Gasteiger partial charge in [-0.25, -0.2) is 0 Å². The van der Waals surface area contributed by atoms with Crippen molar-refractivity contribution in [2.24, 2.45) is 0 Å². The van der Waals surface area contributed by atoms with Gasteiger partial charge >= 0.3 is 5.97 Å². The fourth-order valence-electron chi connectivity index (χ4n) is 3.84. The van der Waals surface area contributed by atoms with Crippen LogP contribution in [0.25, 0.3) is 0 Å².